The third-order valence-electron chi connectivity index (χ3n) is 5.15. The van der Waals surface area contributed by atoms with Gasteiger partial charge in [-0.2, -0.15) is 13.2 Å². The van der Waals surface area contributed by atoms with E-state index >= 15 is 0 Å². The van der Waals surface area contributed by atoms with Crippen molar-refractivity contribution < 1.29 is 18.0 Å². The number of alkyl halides is 3. The van der Waals surface area contributed by atoms with Gasteiger partial charge in [-0.1, -0.05) is 29.5 Å². The molecule has 2 aromatic carbocycles. The summed E-state index contributed by atoms with van der Waals surface area (Å²) in [5.41, 5.74) is 0.783. The van der Waals surface area contributed by atoms with Crippen LogP contribution in [0, 0.1) is 0 Å². The van der Waals surface area contributed by atoms with Crippen molar-refractivity contribution in [2.45, 2.75) is 6.18 Å². The van der Waals surface area contributed by atoms with Crippen LogP contribution < -0.4 is 9.80 Å². The second kappa shape index (κ2) is 8.14. The number of rotatable bonds is 4. The molecule has 0 bridgehead atoms. The fourth-order valence-electron chi connectivity index (χ4n) is 3.49. The molecule has 0 saturated carbocycles. The van der Waals surface area contributed by atoms with Gasteiger partial charge >= 0.3 is 6.18 Å². The molecule has 1 fully saturated rings. The lowest BCUT2D eigenvalue weighted by molar-refractivity contribution is -0.137. The molecule has 0 unspecified atom stereocenters. The lowest BCUT2D eigenvalue weighted by atomic mass is 10.1. The normalized spacial score (nSPS) is 14.9. The number of hydrogen-bond acceptors (Lipinski definition) is 5. The zero-order chi connectivity index (χ0) is 21.3. The zero-order valence-corrected chi connectivity index (χ0v) is 17.2. The van der Waals surface area contributed by atoms with E-state index in [1.165, 1.54) is 23.5 Å². The van der Waals surface area contributed by atoms with Gasteiger partial charge in [0.2, 0.25) is 5.91 Å². The highest BCUT2D eigenvalue weighted by Crippen LogP contribution is 2.32. The van der Waals surface area contributed by atoms with Crippen LogP contribution in [0.1, 0.15) is 5.56 Å². The van der Waals surface area contributed by atoms with Crippen molar-refractivity contribution in [2.24, 2.45) is 0 Å². The van der Waals surface area contributed by atoms with Crippen molar-refractivity contribution in [3.63, 3.8) is 0 Å². The maximum Gasteiger partial charge on any atom is 0.416 e. The van der Waals surface area contributed by atoms with E-state index < -0.39 is 11.7 Å². The predicted molar refractivity (Wildman–Crippen MR) is 113 cm³/mol. The molecule has 1 aliphatic heterocycles. The van der Waals surface area contributed by atoms with Crippen LogP contribution in [0.2, 0.25) is 0 Å². The van der Waals surface area contributed by atoms with E-state index in [1.54, 1.807) is 11.0 Å². The van der Waals surface area contributed by atoms with Gasteiger partial charge in [-0.15, -0.1) is 0 Å². The first-order chi connectivity index (χ1) is 14.3. The Bertz CT molecular complexity index is 1010. The van der Waals surface area contributed by atoms with Crippen LogP contribution in [0.25, 0.3) is 10.2 Å². The van der Waals surface area contributed by atoms with Gasteiger partial charge in [-0.25, -0.2) is 4.98 Å². The van der Waals surface area contributed by atoms with Crippen LogP contribution in [0.5, 0.6) is 0 Å². The fourth-order valence-corrected chi connectivity index (χ4v) is 4.41. The SMILES string of the molecule is CN(CC(=O)N1CCN(c2cccc(C(F)(F)F)c2)CC1)c1nc2ccccc2s1. The number of benzene rings is 2. The lowest BCUT2D eigenvalue weighted by Gasteiger charge is -2.37. The van der Waals surface area contributed by atoms with Gasteiger partial charge in [-0.05, 0) is 30.3 Å². The van der Waals surface area contributed by atoms with Crippen LogP contribution in [-0.2, 0) is 11.0 Å². The van der Waals surface area contributed by atoms with Crippen LogP contribution in [0.3, 0.4) is 0 Å². The largest absolute Gasteiger partial charge is 0.416 e. The second-order valence-corrected chi connectivity index (χ2v) is 8.25. The summed E-state index contributed by atoms with van der Waals surface area (Å²) in [5, 5.41) is 0.784. The van der Waals surface area contributed by atoms with Gasteiger partial charge in [0.25, 0.3) is 0 Å². The average Bonchev–Trinajstić information content (AvgIpc) is 3.18. The van der Waals surface area contributed by atoms with E-state index in [1.807, 2.05) is 41.1 Å². The van der Waals surface area contributed by atoms with Gasteiger partial charge in [-0.3, -0.25) is 4.79 Å². The minimum atomic E-state index is -4.36. The molecular formula is C21H21F3N4OS. The molecule has 0 aliphatic carbocycles. The van der Waals surface area contributed by atoms with Crippen molar-refractivity contribution >= 4 is 38.3 Å². The molecule has 1 aromatic heterocycles. The Balaban J connectivity index is 1.35. The van der Waals surface area contributed by atoms with Crippen LogP contribution >= 0.6 is 11.3 Å². The number of fused-ring (bicyclic) bond motifs is 1. The van der Waals surface area contributed by atoms with Crippen molar-refractivity contribution in [3.05, 3.63) is 54.1 Å². The van der Waals surface area contributed by atoms with Gasteiger partial charge in [0.15, 0.2) is 5.13 Å². The fraction of sp³-hybridized carbons (Fsp3) is 0.333. The molecule has 0 N–H and O–H groups in total. The Morgan fingerprint density at radius 2 is 1.83 bits per heavy atom. The van der Waals surface area contributed by atoms with Gasteiger partial charge < -0.3 is 14.7 Å². The number of carbonyl (C=O) groups excluding carboxylic acids is 1. The molecule has 1 amide bonds. The van der Waals surface area contributed by atoms with E-state index in [4.69, 9.17) is 0 Å². The Morgan fingerprint density at radius 1 is 1.10 bits per heavy atom. The molecule has 9 heteroatoms. The Morgan fingerprint density at radius 3 is 2.53 bits per heavy atom. The first kappa shape index (κ1) is 20.5. The molecule has 158 valence electrons. The molecule has 2 heterocycles. The number of thiazole rings is 1. The number of halogens is 3. The van der Waals surface area contributed by atoms with Crippen molar-refractivity contribution in [3.8, 4) is 0 Å². The molecular weight excluding hydrogens is 413 g/mol. The maximum atomic E-state index is 13.0. The maximum absolute atomic E-state index is 13.0. The van der Waals surface area contributed by atoms with Gasteiger partial charge in [0, 0.05) is 38.9 Å². The smallest absolute Gasteiger partial charge is 0.368 e. The van der Waals surface area contributed by atoms with E-state index in [-0.39, 0.29) is 12.5 Å². The number of anilines is 2. The second-order valence-electron chi connectivity index (χ2n) is 7.24. The summed E-state index contributed by atoms with van der Waals surface area (Å²) in [7, 11) is 1.84. The number of aromatic nitrogens is 1. The van der Waals surface area contributed by atoms with Crippen LogP contribution in [0.15, 0.2) is 48.5 Å². The average molecular weight is 434 g/mol. The van der Waals surface area contributed by atoms with E-state index in [2.05, 4.69) is 4.98 Å². The molecule has 0 radical (unpaired) electrons. The number of piperazine rings is 1. The van der Waals surface area contributed by atoms with Gasteiger partial charge in [0.05, 0.1) is 22.3 Å². The first-order valence-corrected chi connectivity index (χ1v) is 10.4. The molecule has 3 aromatic rings. The van der Waals surface area contributed by atoms with Crippen molar-refractivity contribution in [1.82, 2.24) is 9.88 Å². The summed E-state index contributed by atoms with van der Waals surface area (Å²) in [6, 6.07) is 13.2. The van der Waals surface area contributed by atoms with E-state index in [0.29, 0.717) is 31.9 Å². The molecule has 1 aliphatic rings. The number of nitrogens with zero attached hydrogens (tertiary/aromatic N) is 4. The molecule has 4 rings (SSSR count). The lowest BCUT2D eigenvalue weighted by Crippen LogP contribution is -2.51. The van der Waals surface area contributed by atoms with E-state index in [0.717, 1.165) is 21.4 Å². The highest BCUT2D eigenvalue weighted by molar-refractivity contribution is 7.22. The summed E-state index contributed by atoms with van der Waals surface area (Å²) in [6.45, 7) is 2.16. The van der Waals surface area contributed by atoms with Crippen molar-refractivity contribution in [1.29, 1.82) is 0 Å². The number of carbonyl (C=O) groups is 1. The predicted octanol–water partition coefficient (Wildman–Crippen LogP) is 4.10. The monoisotopic (exact) mass is 434 g/mol. The third-order valence-corrected chi connectivity index (χ3v) is 6.30. The number of hydrogen-bond donors (Lipinski definition) is 0. The summed E-state index contributed by atoms with van der Waals surface area (Å²) in [6.07, 6.45) is -4.36. The summed E-state index contributed by atoms with van der Waals surface area (Å²) in [5.74, 6) is -0.0135. The Hall–Kier alpha value is -2.81. The Kier molecular flexibility index (Phi) is 5.55. The summed E-state index contributed by atoms with van der Waals surface area (Å²) in [4.78, 5) is 22.8. The molecule has 0 spiro atoms. The summed E-state index contributed by atoms with van der Waals surface area (Å²) >= 11 is 1.54. The third kappa shape index (κ3) is 4.35. The van der Waals surface area contributed by atoms with Crippen LogP contribution in [-0.4, -0.2) is 55.6 Å². The minimum Gasteiger partial charge on any atom is -0.368 e. The topological polar surface area (TPSA) is 39.7 Å². The number of amides is 1. The molecule has 30 heavy (non-hydrogen) atoms. The highest BCUT2D eigenvalue weighted by atomic mass is 32.1. The molecule has 0 atom stereocenters. The standard InChI is InChI=1S/C21H21F3N4OS/c1-26(20-25-17-7-2-3-8-18(17)30-20)14-19(29)28-11-9-27(10-12-28)16-6-4-5-15(13-16)21(22,23)24/h2-8,13H,9-12,14H2,1H3. The quantitative estimate of drug-likeness (QED) is 0.620. The zero-order valence-electron chi connectivity index (χ0n) is 16.4. The number of para-hydroxylation sites is 1. The highest BCUT2D eigenvalue weighted by Gasteiger charge is 2.31. The summed E-state index contributed by atoms with van der Waals surface area (Å²) < 4.78 is 39.9. The van der Waals surface area contributed by atoms with E-state index in [9.17, 15) is 18.0 Å². The molecule has 1 saturated heterocycles. The molecule has 5 nitrogen and oxygen atoms in total. The Labute approximate surface area is 176 Å². The van der Waals surface area contributed by atoms with Crippen LogP contribution in [0.4, 0.5) is 24.0 Å². The van der Waals surface area contributed by atoms with Gasteiger partial charge in [0.1, 0.15) is 0 Å². The first-order valence-electron chi connectivity index (χ1n) is 9.58. The number of likely N-dealkylation sites (N-methyl/N-ethyl adjacent to an activating group) is 1. The minimum absolute atomic E-state index is 0.0135. The van der Waals surface area contributed by atoms with Crippen molar-refractivity contribution in [2.75, 3.05) is 49.6 Å².